The van der Waals surface area contributed by atoms with Gasteiger partial charge in [-0.2, -0.15) is 10.5 Å². The molecule has 1 aliphatic heterocycles. The Morgan fingerprint density at radius 1 is 1.00 bits per heavy atom. The molecule has 0 unspecified atom stereocenters. The highest BCUT2D eigenvalue weighted by Crippen LogP contribution is 2.62. The second-order valence-corrected chi connectivity index (χ2v) is 5.14. The zero-order valence-corrected chi connectivity index (χ0v) is 10.1. The van der Waals surface area contributed by atoms with Crippen LogP contribution in [0.15, 0.2) is 24.3 Å². The van der Waals surface area contributed by atoms with Crippen LogP contribution in [0, 0.1) is 22.7 Å². The van der Waals surface area contributed by atoms with Gasteiger partial charge in [-0.05, 0) is 25.0 Å². The number of hydrogen-bond acceptors (Lipinski definition) is 3. The van der Waals surface area contributed by atoms with Crippen molar-refractivity contribution in [2.75, 3.05) is 0 Å². The molecule has 2 aliphatic rings. The first-order valence-electron chi connectivity index (χ1n) is 6.38. The van der Waals surface area contributed by atoms with E-state index in [4.69, 9.17) is 10.00 Å². The van der Waals surface area contributed by atoms with Crippen molar-refractivity contribution in [2.45, 2.75) is 43.3 Å². The Hall–Kier alpha value is -1.84. The van der Waals surface area contributed by atoms with Crippen molar-refractivity contribution in [1.29, 1.82) is 10.5 Å². The molecule has 1 saturated carbocycles. The first-order chi connectivity index (χ1) is 8.76. The minimum absolute atomic E-state index is 0.256. The van der Waals surface area contributed by atoms with Crippen LogP contribution in [0.25, 0.3) is 0 Å². The van der Waals surface area contributed by atoms with E-state index >= 15 is 0 Å². The number of hydrogen-bond donors (Lipinski definition) is 0. The van der Waals surface area contributed by atoms with E-state index in [0.29, 0.717) is 5.56 Å². The Bertz CT molecular complexity index is 543. The minimum atomic E-state index is -0.762. The van der Waals surface area contributed by atoms with Crippen molar-refractivity contribution >= 4 is 0 Å². The van der Waals surface area contributed by atoms with Crippen LogP contribution in [0.1, 0.15) is 43.2 Å². The predicted octanol–water partition coefficient (Wildman–Crippen LogP) is 3.01. The summed E-state index contributed by atoms with van der Waals surface area (Å²) in [7, 11) is 0. The lowest BCUT2D eigenvalue weighted by molar-refractivity contribution is 0.229. The summed E-state index contributed by atoms with van der Waals surface area (Å²) < 4.78 is 5.90. The van der Waals surface area contributed by atoms with Crippen molar-refractivity contribution < 1.29 is 4.74 Å². The van der Waals surface area contributed by atoms with Crippen molar-refractivity contribution in [3.05, 3.63) is 35.4 Å². The van der Waals surface area contributed by atoms with Crippen LogP contribution in [0.2, 0.25) is 0 Å². The molecular formula is C15H14N2O. The first-order valence-corrected chi connectivity index (χ1v) is 6.38. The van der Waals surface area contributed by atoms with Gasteiger partial charge < -0.3 is 4.74 Å². The van der Waals surface area contributed by atoms with Crippen molar-refractivity contribution in [1.82, 2.24) is 0 Å². The molecule has 0 N–H and O–H groups in total. The van der Waals surface area contributed by atoms with Gasteiger partial charge in [0.15, 0.2) is 0 Å². The van der Waals surface area contributed by atoms with Gasteiger partial charge in [0.25, 0.3) is 0 Å². The molecule has 2 fully saturated rings. The second kappa shape index (κ2) is 3.83. The third-order valence-corrected chi connectivity index (χ3v) is 4.19. The molecule has 0 amide bonds. The largest absolute Gasteiger partial charge is 0.342 e. The first kappa shape index (κ1) is 11.3. The fourth-order valence-corrected chi connectivity index (χ4v) is 3.14. The molecule has 1 aromatic carbocycles. The Kier molecular flexibility index (Phi) is 2.40. The van der Waals surface area contributed by atoms with Crippen LogP contribution >= 0.6 is 0 Å². The highest BCUT2D eigenvalue weighted by atomic mass is 16.6. The lowest BCUT2D eigenvalue weighted by Crippen LogP contribution is -2.25. The summed E-state index contributed by atoms with van der Waals surface area (Å²) in [5, 5.41) is 18.3. The normalized spacial score (nSPS) is 28.3. The molecule has 90 valence electrons. The molecule has 1 aromatic rings. The highest BCUT2D eigenvalue weighted by Gasteiger charge is 2.71. The van der Waals surface area contributed by atoms with Crippen LogP contribution in [-0.4, -0.2) is 5.60 Å². The molecule has 1 aliphatic carbocycles. The van der Waals surface area contributed by atoms with Crippen LogP contribution in [0.5, 0.6) is 0 Å². The quantitative estimate of drug-likeness (QED) is 0.706. The van der Waals surface area contributed by atoms with Gasteiger partial charge in [-0.25, -0.2) is 0 Å². The van der Waals surface area contributed by atoms with Crippen LogP contribution in [-0.2, 0) is 10.3 Å². The average molecular weight is 238 g/mol. The zero-order valence-electron chi connectivity index (χ0n) is 10.1. The fraction of sp³-hybridized carbons (Fsp3) is 0.467. The van der Waals surface area contributed by atoms with Gasteiger partial charge in [-0.15, -0.1) is 0 Å². The van der Waals surface area contributed by atoms with Crippen molar-refractivity contribution in [3.63, 3.8) is 0 Å². The van der Waals surface area contributed by atoms with E-state index in [1.165, 1.54) is 6.42 Å². The Morgan fingerprint density at radius 3 is 2.22 bits per heavy atom. The summed E-state index contributed by atoms with van der Waals surface area (Å²) in [5.41, 5.74) is 0.492. The molecule has 0 radical (unpaired) electrons. The molecule has 1 spiro atoms. The number of benzene rings is 1. The van der Waals surface area contributed by atoms with Gasteiger partial charge in [0.1, 0.15) is 11.7 Å². The molecule has 0 bridgehead atoms. The molecule has 3 rings (SSSR count). The van der Waals surface area contributed by atoms with Crippen molar-refractivity contribution in [3.8, 4) is 12.1 Å². The van der Waals surface area contributed by atoms with E-state index in [9.17, 15) is 5.26 Å². The maximum absolute atomic E-state index is 9.51. The van der Waals surface area contributed by atoms with E-state index in [0.717, 1.165) is 31.2 Å². The molecule has 1 heterocycles. The van der Waals surface area contributed by atoms with Gasteiger partial charge in [0.2, 0.25) is 5.60 Å². The number of nitriles is 2. The maximum atomic E-state index is 9.51. The van der Waals surface area contributed by atoms with Gasteiger partial charge in [0, 0.05) is 5.56 Å². The highest BCUT2D eigenvalue weighted by molar-refractivity contribution is 5.44. The van der Waals surface area contributed by atoms with Gasteiger partial charge in [-0.1, -0.05) is 31.4 Å². The summed E-state index contributed by atoms with van der Waals surface area (Å²) in [6.07, 6.45) is 5.46. The summed E-state index contributed by atoms with van der Waals surface area (Å²) >= 11 is 0. The molecule has 18 heavy (non-hydrogen) atoms. The number of rotatable bonds is 1. The zero-order chi connectivity index (χ0) is 12.6. The van der Waals surface area contributed by atoms with Gasteiger partial charge in [-0.3, -0.25) is 0 Å². The smallest absolute Gasteiger partial charge is 0.209 e. The average Bonchev–Trinajstić information content (AvgIpc) is 3.08. The van der Waals surface area contributed by atoms with Gasteiger partial charge in [0.05, 0.1) is 11.6 Å². The minimum Gasteiger partial charge on any atom is -0.342 e. The molecule has 3 nitrogen and oxygen atoms in total. The second-order valence-electron chi connectivity index (χ2n) is 5.14. The predicted molar refractivity (Wildman–Crippen MR) is 65.3 cm³/mol. The Balaban J connectivity index is 1.94. The van der Waals surface area contributed by atoms with E-state index in [-0.39, 0.29) is 5.60 Å². The van der Waals surface area contributed by atoms with Crippen LogP contribution < -0.4 is 0 Å². The molecule has 1 saturated heterocycles. The lowest BCUT2D eigenvalue weighted by Gasteiger charge is -2.20. The maximum Gasteiger partial charge on any atom is 0.209 e. The van der Waals surface area contributed by atoms with Gasteiger partial charge >= 0.3 is 0 Å². The Labute approximate surface area is 107 Å². The third-order valence-electron chi connectivity index (χ3n) is 4.19. The van der Waals surface area contributed by atoms with E-state index in [1.807, 2.05) is 12.1 Å². The topological polar surface area (TPSA) is 60.1 Å². The van der Waals surface area contributed by atoms with E-state index in [1.54, 1.807) is 12.1 Å². The SMILES string of the molecule is N#Cc1ccc([C@]2(C#N)OC23CCCCC3)cc1. The lowest BCUT2D eigenvalue weighted by atomic mass is 9.77. The number of epoxide rings is 1. The Morgan fingerprint density at radius 2 is 1.67 bits per heavy atom. The molecule has 0 aromatic heterocycles. The van der Waals surface area contributed by atoms with E-state index in [2.05, 4.69) is 12.1 Å². The van der Waals surface area contributed by atoms with Crippen LogP contribution in [0.4, 0.5) is 0 Å². The molecular weight excluding hydrogens is 224 g/mol. The number of ether oxygens (including phenoxy) is 1. The molecule has 3 heteroatoms. The standard InChI is InChI=1S/C15H14N2O/c16-10-12-4-6-13(7-5-12)15(11-17)14(18-15)8-2-1-3-9-14/h4-7H,1-3,8-9H2/t15-/m0/s1. The number of nitrogens with zero attached hydrogens (tertiary/aromatic N) is 2. The third kappa shape index (κ3) is 1.38. The summed E-state index contributed by atoms with van der Waals surface area (Å²) in [6, 6.07) is 11.7. The summed E-state index contributed by atoms with van der Waals surface area (Å²) in [5.74, 6) is 0. The van der Waals surface area contributed by atoms with Crippen molar-refractivity contribution in [2.24, 2.45) is 0 Å². The van der Waals surface area contributed by atoms with Crippen LogP contribution in [0.3, 0.4) is 0 Å². The van der Waals surface area contributed by atoms with E-state index < -0.39 is 5.60 Å². The summed E-state index contributed by atoms with van der Waals surface area (Å²) in [6.45, 7) is 0. The fourth-order valence-electron chi connectivity index (χ4n) is 3.14. The molecule has 1 atom stereocenters. The summed E-state index contributed by atoms with van der Waals surface area (Å²) in [4.78, 5) is 0. The monoisotopic (exact) mass is 238 g/mol.